The van der Waals surface area contributed by atoms with Gasteiger partial charge in [-0.15, -0.1) is 0 Å². The number of nitrogens with zero attached hydrogens (tertiary/aromatic N) is 1. The van der Waals surface area contributed by atoms with Crippen molar-refractivity contribution in [3.63, 3.8) is 0 Å². The Kier molecular flexibility index (Phi) is 5.88. The zero-order valence-electron chi connectivity index (χ0n) is 15.6. The molecule has 1 N–H and O–H groups in total. The lowest BCUT2D eigenvalue weighted by atomic mass is 10.1. The van der Waals surface area contributed by atoms with Crippen molar-refractivity contribution in [1.29, 1.82) is 0 Å². The SMILES string of the molecule is O=C1NN(c2ccccc2)C(=O)C1=Cc1ccc(OCc2ccc(Br)cc2)c(Cl)c1. The molecule has 0 atom stereocenters. The van der Waals surface area contributed by atoms with E-state index in [-0.39, 0.29) is 5.57 Å². The van der Waals surface area contributed by atoms with Gasteiger partial charge in [0.05, 0.1) is 10.7 Å². The Hall–Kier alpha value is -3.09. The molecule has 1 heterocycles. The third-order valence-corrected chi connectivity index (χ3v) is 5.30. The number of hydrogen-bond donors (Lipinski definition) is 1. The third-order valence-electron chi connectivity index (χ3n) is 4.48. The molecule has 30 heavy (non-hydrogen) atoms. The molecule has 5 nitrogen and oxygen atoms in total. The van der Waals surface area contributed by atoms with E-state index in [1.165, 1.54) is 11.1 Å². The second kappa shape index (κ2) is 8.73. The van der Waals surface area contributed by atoms with Gasteiger partial charge in [-0.1, -0.05) is 63.9 Å². The third kappa shape index (κ3) is 4.40. The fraction of sp³-hybridized carbons (Fsp3) is 0.0435. The zero-order valence-corrected chi connectivity index (χ0v) is 18.0. The predicted molar refractivity (Wildman–Crippen MR) is 120 cm³/mol. The molecule has 3 aromatic rings. The number of ether oxygens (including phenoxy) is 1. The number of benzene rings is 3. The maximum Gasteiger partial charge on any atom is 0.282 e. The van der Waals surface area contributed by atoms with Crippen molar-refractivity contribution in [3.05, 3.63) is 99.0 Å². The van der Waals surface area contributed by atoms with E-state index in [9.17, 15) is 9.59 Å². The highest BCUT2D eigenvalue weighted by molar-refractivity contribution is 9.10. The summed E-state index contributed by atoms with van der Waals surface area (Å²) in [7, 11) is 0. The number of nitrogens with one attached hydrogen (secondary N) is 1. The Morgan fingerprint density at radius 3 is 2.43 bits per heavy atom. The van der Waals surface area contributed by atoms with E-state index < -0.39 is 11.8 Å². The standard InChI is InChI=1S/C23H16BrClN2O3/c24-17-9-6-15(7-10-17)14-30-21-11-8-16(13-20(21)25)12-19-22(28)26-27(23(19)29)18-4-2-1-3-5-18/h1-13H,14H2,(H,26,28). The zero-order chi connectivity index (χ0) is 21.1. The minimum atomic E-state index is -0.462. The molecule has 1 fully saturated rings. The number of hydrogen-bond acceptors (Lipinski definition) is 3. The van der Waals surface area contributed by atoms with Crippen molar-refractivity contribution < 1.29 is 14.3 Å². The molecule has 0 saturated carbocycles. The van der Waals surface area contributed by atoms with Gasteiger partial charge in [-0.3, -0.25) is 15.0 Å². The number of rotatable bonds is 5. The molecule has 3 aromatic carbocycles. The highest BCUT2D eigenvalue weighted by Gasteiger charge is 2.34. The second-order valence-corrected chi connectivity index (χ2v) is 7.90. The fourth-order valence-corrected chi connectivity index (χ4v) is 3.46. The van der Waals surface area contributed by atoms with E-state index in [0.717, 1.165) is 10.0 Å². The molecule has 0 radical (unpaired) electrons. The highest BCUT2D eigenvalue weighted by atomic mass is 79.9. The van der Waals surface area contributed by atoms with Gasteiger partial charge in [0, 0.05) is 4.47 Å². The number of halogens is 2. The molecule has 4 rings (SSSR count). The van der Waals surface area contributed by atoms with Gasteiger partial charge in [0.25, 0.3) is 11.8 Å². The van der Waals surface area contributed by atoms with Gasteiger partial charge in [0.2, 0.25) is 0 Å². The number of anilines is 1. The number of para-hydroxylation sites is 1. The Morgan fingerprint density at radius 1 is 1.00 bits per heavy atom. The summed E-state index contributed by atoms with van der Waals surface area (Å²) in [5.41, 5.74) is 4.84. The average molecular weight is 484 g/mol. The lowest BCUT2D eigenvalue weighted by Crippen LogP contribution is -2.35. The summed E-state index contributed by atoms with van der Waals surface area (Å²) >= 11 is 9.75. The lowest BCUT2D eigenvalue weighted by Gasteiger charge is -2.13. The monoisotopic (exact) mass is 482 g/mol. The number of carbonyl (C=O) groups is 2. The summed E-state index contributed by atoms with van der Waals surface area (Å²) in [5.74, 6) is -0.358. The Morgan fingerprint density at radius 2 is 1.73 bits per heavy atom. The first kappa shape index (κ1) is 20.2. The van der Waals surface area contributed by atoms with Crippen LogP contribution in [0, 0.1) is 0 Å². The van der Waals surface area contributed by atoms with Gasteiger partial charge in [0.15, 0.2) is 0 Å². The van der Waals surface area contributed by atoms with Crippen LogP contribution in [0.4, 0.5) is 5.69 Å². The van der Waals surface area contributed by atoms with E-state index >= 15 is 0 Å². The quantitative estimate of drug-likeness (QED) is 0.404. The molecular formula is C23H16BrClN2O3. The van der Waals surface area contributed by atoms with Crippen LogP contribution >= 0.6 is 27.5 Å². The van der Waals surface area contributed by atoms with Gasteiger partial charge in [-0.2, -0.15) is 0 Å². The first-order chi connectivity index (χ1) is 14.5. The normalized spacial score (nSPS) is 14.9. The molecular weight excluding hydrogens is 468 g/mol. The maximum atomic E-state index is 12.7. The number of amides is 2. The van der Waals surface area contributed by atoms with E-state index in [0.29, 0.717) is 28.6 Å². The lowest BCUT2D eigenvalue weighted by molar-refractivity contribution is -0.117. The predicted octanol–water partition coefficient (Wildman–Crippen LogP) is 5.14. The van der Waals surface area contributed by atoms with Gasteiger partial charge < -0.3 is 4.74 Å². The van der Waals surface area contributed by atoms with E-state index in [1.54, 1.807) is 42.5 Å². The van der Waals surface area contributed by atoms with E-state index in [4.69, 9.17) is 16.3 Å². The van der Waals surface area contributed by atoms with E-state index in [2.05, 4.69) is 21.4 Å². The molecule has 0 aliphatic carbocycles. The smallest absolute Gasteiger partial charge is 0.282 e. The van der Waals surface area contributed by atoms with Crippen molar-refractivity contribution in [2.75, 3.05) is 5.01 Å². The van der Waals surface area contributed by atoms with Crippen LogP contribution in [0.25, 0.3) is 6.08 Å². The van der Waals surface area contributed by atoms with Gasteiger partial charge >= 0.3 is 0 Å². The van der Waals surface area contributed by atoms with Crippen LogP contribution in [0.3, 0.4) is 0 Å². The van der Waals surface area contributed by atoms with Crippen molar-refractivity contribution in [3.8, 4) is 5.75 Å². The molecule has 1 aliphatic rings. The Labute approximate surface area is 187 Å². The number of hydrazine groups is 1. The molecule has 0 bridgehead atoms. The second-order valence-electron chi connectivity index (χ2n) is 6.58. The van der Waals surface area contributed by atoms with Crippen molar-refractivity contribution in [1.82, 2.24) is 5.43 Å². The van der Waals surface area contributed by atoms with Crippen LogP contribution in [0.15, 0.2) is 82.8 Å². The minimum absolute atomic E-state index is 0.0402. The van der Waals surface area contributed by atoms with Crippen molar-refractivity contribution >= 4 is 51.1 Å². The summed E-state index contributed by atoms with van der Waals surface area (Å²) in [4.78, 5) is 25.0. The highest BCUT2D eigenvalue weighted by Crippen LogP contribution is 2.28. The first-order valence-corrected chi connectivity index (χ1v) is 10.3. The van der Waals surface area contributed by atoms with Crippen LogP contribution < -0.4 is 15.2 Å². The van der Waals surface area contributed by atoms with Crippen molar-refractivity contribution in [2.24, 2.45) is 0 Å². The van der Waals surface area contributed by atoms with Crippen LogP contribution in [-0.2, 0) is 16.2 Å². The summed E-state index contributed by atoms with van der Waals surface area (Å²) in [6.07, 6.45) is 1.52. The molecule has 0 unspecified atom stereocenters. The molecule has 0 aromatic heterocycles. The fourth-order valence-electron chi connectivity index (χ4n) is 2.95. The topological polar surface area (TPSA) is 58.6 Å². The minimum Gasteiger partial charge on any atom is -0.487 e. The molecule has 1 aliphatic heterocycles. The van der Waals surface area contributed by atoms with E-state index in [1.807, 2.05) is 30.3 Å². The summed E-state index contributed by atoms with van der Waals surface area (Å²) < 4.78 is 6.78. The molecule has 2 amide bonds. The van der Waals surface area contributed by atoms with Gasteiger partial charge in [-0.05, 0) is 53.6 Å². The maximum absolute atomic E-state index is 12.7. The molecule has 150 valence electrons. The van der Waals surface area contributed by atoms with Crippen LogP contribution in [0.1, 0.15) is 11.1 Å². The molecule has 0 spiro atoms. The summed E-state index contributed by atoms with van der Waals surface area (Å²) in [6.45, 7) is 0.375. The van der Waals surface area contributed by atoms with Crippen molar-refractivity contribution in [2.45, 2.75) is 6.61 Å². The Balaban J connectivity index is 1.50. The van der Waals surface area contributed by atoms with Gasteiger partial charge in [0.1, 0.15) is 17.9 Å². The summed E-state index contributed by atoms with van der Waals surface area (Å²) in [6, 6.07) is 21.9. The molecule has 7 heteroatoms. The molecule has 1 saturated heterocycles. The Bertz CT molecular complexity index is 1130. The van der Waals surface area contributed by atoms with Crippen LogP contribution in [-0.4, -0.2) is 11.8 Å². The average Bonchev–Trinajstić information content (AvgIpc) is 3.03. The van der Waals surface area contributed by atoms with Gasteiger partial charge in [-0.25, -0.2) is 5.01 Å². The number of carbonyl (C=O) groups excluding carboxylic acids is 2. The summed E-state index contributed by atoms with van der Waals surface area (Å²) in [5, 5.41) is 1.62. The largest absolute Gasteiger partial charge is 0.487 e. The van der Waals surface area contributed by atoms with Crippen LogP contribution in [0.5, 0.6) is 5.75 Å². The first-order valence-electron chi connectivity index (χ1n) is 9.10. The van der Waals surface area contributed by atoms with Crippen LogP contribution in [0.2, 0.25) is 5.02 Å².